The quantitative estimate of drug-likeness (QED) is 0.714. The number of aromatic nitrogens is 1. The van der Waals surface area contributed by atoms with Crippen molar-refractivity contribution in [3.63, 3.8) is 0 Å². The first-order valence-electron chi connectivity index (χ1n) is 7.97. The summed E-state index contributed by atoms with van der Waals surface area (Å²) in [5.74, 6) is -0.0785. The van der Waals surface area contributed by atoms with Gasteiger partial charge in [0.2, 0.25) is 5.91 Å². The van der Waals surface area contributed by atoms with Crippen LogP contribution in [0.25, 0.3) is 0 Å². The van der Waals surface area contributed by atoms with E-state index in [9.17, 15) is 9.59 Å². The van der Waals surface area contributed by atoms with Gasteiger partial charge in [-0.05, 0) is 49.5 Å². The van der Waals surface area contributed by atoms with E-state index in [0.717, 1.165) is 11.1 Å². The molecule has 3 amide bonds. The molecule has 2 rings (SSSR count). The van der Waals surface area contributed by atoms with Gasteiger partial charge in [0, 0.05) is 31.2 Å². The normalized spacial score (nSPS) is 10.4. The van der Waals surface area contributed by atoms with Gasteiger partial charge in [0.05, 0.1) is 6.54 Å². The number of urea groups is 1. The molecule has 1 aromatic heterocycles. The highest BCUT2D eigenvalue weighted by Crippen LogP contribution is 2.10. The fourth-order valence-electron chi connectivity index (χ4n) is 2.17. The summed E-state index contributed by atoms with van der Waals surface area (Å²) in [5, 5.41) is 8.41. The summed E-state index contributed by atoms with van der Waals surface area (Å²) in [6.07, 6.45) is 3.37. The van der Waals surface area contributed by atoms with Crippen LogP contribution in [0, 0.1) is 0 Å². The number of carbonyl (C=O) groups excluding carboxylic acids is 2. The second-order valence-electron chi connectivity index (χ2n) is 5.88. The Morgan fingerprint density at radius 3 is 2.36 bits per heavy atom. The molecule has 0 unspecified atom stereocenters. The zero-order valence-corrected chi connectivity index (χ0v) is 14.5. The highest BCUT2D eigenvalue weighted by atomic mass is 16.2. The summed E-state index contributed by atoms with van der Waals surface area (Å²) in [6, 6.07) is 10.8. The van der Waals surface area contributed by atoms with E-state index in [-0.39, 0.29) is 11.9 Å². The van der Waals surface area contributed by atoms with Crippen molar-refractivity contribution in [3.05, 3.63) is 59.9 Å². The largest absolute Gasteiger partial charge is 0.334 e. The number of nitrogens with zero attached hydrogens (tertiary/aromatic N) is 2. The summed E-state index contributed by atoms with van der Waals surface area (Å²) in [4.78, 5) is 29.4. The summed E-state index contributed by atoms with van der Waals surface area (Å²) in [6.45, 7) is 1.13. The molecule has 7 nitrogen and oxygen atoms in total. The van der Waals surface area contributed by atoms with E-state index in [1.165, 1.54) is 0 Å². The maximum Gasteiger partial charge on any atom is 0.315 e. The molecule has 3 N–H and O–H groups in total. The van der Waals surface area contributed by atoms with Gasteiger partial charge in [-0.15, -0.1) is 0 Å². The summed E-state index contributed by atoms with van der Waals surface area (Å²) < 4.78 is 0. The second-order valence-corrected chi connectivity index (χ2v) is 5.88. The van der Waals surface area contributed by atoms with Crippen LogP contribution in [0.1, 0.15) is 11.1 Å². The average molecular weight is 341 g/mol. The first kappa shape index (κ1) is 18.4. The Balaban J connectivity index is 1.79. The van der Waals surface area contributed by atoms with Crippen LogP contribution < -0.4 is 16.0 Å². The number of amides is 3. The Bertz CT molecular complexity index is 704. The third-order valence-corrected chi connectivity index (χ3v) is 3.33. The van der Waals surface area contributed by atoms with Crippen molar-refractivity contribution in [1.29, 1.82) is 0 Å². The predicted molar refractivity (Wildman–Crippen MR) is 96.9 cm³/mol. The van der Waals surface area contributed by atoms with Crippen LogP contribution in [0.15, 0.2) is 48.8 Å². The third-order valence-electron chi connectivity index (χ3n) is 3.33. The smallest absolute Gasteiger partial charge is 0.315 e. The topological polar surface area (TPSA) is 86.4 Å². The molecule has 0 atom stereocenters. The number of nitrogens with one attached hydrogen (secondary N) is 3. The van der Waals surface area contributed by atoms with Crippen LogP contribution >= 0.6 is 0 Å². The third kappa shape index (κ3) is 7.01. The molecule has 0 radical (unpaired) electrons. The monoisotopic (exact) mass is 341 g/mol. The van der Waals surface area contributed by atoms with Gasteiger partial charge >= 0.3 is 6.03 Å². The Morgan fingerprint density at radius 2 is 1.68 bits per heavy atom. The van der Waals surface area contributed by atoms with Crippen molar-refractivity contribution in [2.75, 3.05) is 26.0 Å². The van der Waals surface area contributed by atoms with Gasteiger partial charge in [-0.2, -0.15) is 0 Å². The lowest BCUT2D eigenvalue weighted by molar-refractivity contribution is -0.116. The van der Waals surface area contributed by atoms with Crippen molar-refractivity contribution in [3.8, 4) is 0 Å². The molecule has 2 aromatic rings. The van der Waals surface area contributed by atoms with Crippen LogP contribution in [0.5, 0.6) is 0 Å². The minimum absolute atomic E-state index is 0.0785. The van der Waals surface area contributed by atoms with Crippen molar-refractivity contribution in [2.45, 2.75) is 13.1 Å². The number of anilines is 1. The molecule has 7 heteroatoms. The average Bonchev–Trinajstić information content (AvgIpc) is 2.58. The highest BCUT2D eigenvalue weighted by Gasteiger charge is 2.05. The Morgan fingerprint density at radius 1 is 1.00 bits per heavy atom. The number of benzene rings is 1. The van der Waals surface area contributed by atoms with Crippen LogP contribution in [0.4, 0.5) is 10.5 Å². The molecule has 0 spiro atoms. The lowest BCUT2D eigenvalue weighted by Gasteiger charge is -2.11. The van der Waals surface area contributed by atoms with E-state index in [1.54, 1.807) is 17.3 Å². The van der Waals surface area contributed by atoms with Crippen molar-refractivity contribution < 1.29 is 9.59 Å². The molecule has 0 saturated carbocycles. The molecule has 0 aliphatic carbocycles. The Kier molecular flexibility index (Phi) is 6.91. The van der Waals surface area contributed by atoms with E-state index >= 15 is 0 Å². The summed E-state index contributed by atoms with van der Waals surface area (Å²) >= 11 is 0. The lowest BCUT2D eigenvalue weighted by atomic mass is 10.2. The Labute approximate surface area is 147 Å². The van der Waals surface area contributed by atoms with Gasteiger partial charge < -0.3 is 20.9 Å². The minimum atomic E-state index is -0.251. The minimum Gasteiger partial charge on any atom is -0.334 e. The van der Waals surface area contributed by atoms with E-state index in [0.29, 0.717) is 25.3 Å². The van der Waals surface area contributed by atoms with Crippen LogP contribution in [0.2, 0.25) is 0 Å². The SMILES string of the molecule is CN(C)CC(=O)Nc1cccc(CNC(=O)NCc2ccncc2)c1. The van der Waals surface area contributed by atoms with Gasteiger partial charge in [-0.25, -0.2) is 4.79 Å². The maximum absolute atomic E-state index is 11.9. The van der Waals surface area contributed by atoms with Gasteiger partial charge in [-0.1, -0.05) is 12.1 Å². The fourth-order valence-corrected chi connectivity index (χ4v) is 2.17. The number of carbonyl (C=O) groups is 2. The van der Waals surface area contributed by atoms with Gasteiger partial charge in [-0.3, -0.25) is 9.78 Å². The number of likely N-dealkylation sites (N-methyl/N-ethyl adjacent to an activating group) is 1. The molecular weight excluding hydrogens is 318 g/mol. The van der Waals surface area contributed by atoms with Gasteiger partial charge in [0.1, 0.15) is 0 Å². The molecule has 1 aromatic carbocycles. The molecule has 1 heterocycles. The van der Waals surface area contributed by atoms with E-state index < -0.39 is 0 Å². The Hall–Kier alpha value is -2.93. The maximum atomic E-state index is 11.9. The number of hydrogen-bond donors (Lipinski definition) is 3. The summed E-state index contributed by atoms with van der Waals surface area (Å²) in [5.41, 5.74) is 2.60. The van der Waals surface area contributed by atoms with Crippen molar-refractivity contribution in [2.24, 2.45) is 0 Å². The van der Waals surface area contributed by atoms with Crippen LogP contribution in [-0.2, 0) is 17.9 Å². The van der Waals surface area contributed by atoms with Crippen molar-refractivity contribution in [1.82, 2.24) is 20.5 Å². The molecule has 0 saturated heterocycles. The first-order chi connectivity index (χ1) is 12.0. The number of pyridine rings is 1. The van der Waals surface area contributed by atoms with Crippen molar-refractivity contribution >= 4 is 17.6 Å². The standard InChI is InChI=1S/C18H23N5O2/c1-23(2)13-17(24)22-16-5-3-4-15(10-16)12-21-18(25)20-11-14-6-8-19-9-7-14/h3-10H,11-13H2,1-2H3,(H,22,24)(H2,20,21,25). The zero-order chi connectivity index (χ0) is 18.1. The molecule has 0 fully saturated rings. The molecular formula is C18H23N5O2. The van der Waals surface area contributed by atoms with Gasteiger partial charge in [0.15, 0.2) is 0 Å². The first-order valence-corrected chi connectivity index (χ1v) is 7.97. The van der Waals surface area contributed by atoms with Crippen LogP contribution in [-0.4, -0.2) is 42.5 Å². The zero-order valence-electron chi connectivity index (χ0n) is 14.5. The van der Waals surface area contributed by atoms with E-state index in [4.69, 9.17) is 0 Å². The fraction of sp³-hybridized carbons (Fsp3) is 0.278. The lowest BCUT2D eigenvalue weighted by Crippen LogP contribution is -2.34. The van der Waals surface area contributed by atoms with E-state index in [1.807, 2.05) is 50.5 Å². The van der Waals surface area contributed by atoms with Gasteiger partial charge in [0.25, 0.3) is 0 Å². The molecule has 0 aliphatic rings. The molecule has 0 aliphatic heterocycles. The number of rotatable bonds is 7. The number of hydrogen-bond acceptors (Lipinski definition) is 4. The molecule has 25 heavy (non-hydrogen) atoms. The summed E-state index contributed by atoms with van der Waals surface area (Å²) in [7, 11) is 3.68. The predicted octanol–water partition coefficient (Wildman–Crippen LogP) is 1.58. The van der Waals surface area contributed by atoms with E-state index in [2.05, 4.69) is 20.9 Å². The second kappa shape index (κ2) is 9.39. The van der Waals surface area contributed by atoms with Crippen LogP contribution in [0.3, 0.4) is 0 Å². The molecule has 0 bridgehead atoms. The highest BCUT2D eigenvalue weighted by molar-refractivity contribution is 5.92. The molecule has 132 valence electrons.